The van der Waals surface area contributed by atoms with Gasteiger partial charge in [-0.15, -0.1) is 0 Å². The predicted octanol–water partition coefficient (Wildman–Crippen LogP) is 1.62. The van der Waals surface area contributed by atoms with Crippen molar-refractivity contribution in [2.75, 3.05) is 44.4 Å². The summed E-state index contributed by atoms with van der Waals surface area (Å²) < 4.78 is 5.35. The third-order valence-corrected chi connectivity index (χ3v) is 2.69. The van der Waals surface area contributed by atoms with Gasteiger partial charge in [0.1, 0.15) is 5.82 Å². The average molecular weight is 252 g/mol. The van der Waals surface area contributed by atoms with E-state index >= 15 is 0 Å². The number of hydrogen-bond donors (Lipinski definition) is 0. The van der Waals surface area contributed by atoms with Crippen molar-refractivity contribution >= 4 is 5.82 Å². The van der Waals surface area contributed by atoms with Crippen molar-refractivity contribution in [2.24, 2.45) is 0 Å². The molecule has 0 amide bonds. The van der Waals surface area contributed by atoms with Gasteiger partial charge in [0.15, 0.2) is 0 Å². The quantitative estimate of drug-likeness (QED) is 0.745. The lowest BCUT2D eigenvalue weighted by molar-refractivity contribution is 0.122. The summed E-state index contributed by atoms with van der Waals surface area (Å²) in [5, 5.41) is 0. The lowest BCUT2D eigenvalue weighted by Gasteiger charge is -2.18. The van der Waals surface area contributed by atoms with Crippen molar-refractivity contribution in [3.05, 3.63) is 18.6 Å². The van der Waals surface area contributed by atoms with E-state index in [1.807, 2.05) is 27.0 Å². The smallest absolute Gasteiger partial charge is 0.148 e. The highest BCUT2D eigenvalue weighted by molar-refractivity contribution is 5.35. The Morgan fingerprint density at radius 3 is 2.78 bits per heavy atom. The molecule has 0 saturated carbocycles. The number of anilines is 1. The maximum absolute atomic E-state index is 5.35. The molecule has 18 heavy (non-hydrogen) atoms. The van der Waals surface area contributed by atoms with Crippen LogP contribution in [0.1, 0.15) is 20.8 Å². The summed E-state index contributed by atoms with van der Waals surface area (Å²) in [5.41, 5.74) is 0. The van der Waals surface area contributed by atoms with Crippen LogP contribution in [0.4, 0.5) is 5.82 Å². The van der Waals surface area contributed by atoms with E-state index in [0.717, 1.165) is 45.3 Å². The van der Waals surface area contributed by atoms with E-state index in [1.54, 1.807) is 12.4 Å². The molecule has 5 nitrogen and oxygen atoms in total. The van der Waals surface area contributed by atoms with E-state index in [2.05, 4.69) is 19.8 Å². The molecule has 0 aromatic carbocycles. The average Bonchev–Trinajstić information content (AvgIpc) is 2.91. The summed E-state index contributed by atoms with van der Waals surface area (Å²) in [6.07, 6.45) is 5.25. The zero-order valence-electron chi connectivity index (χ0n) is 11.7. The van der Waals surface area contributed by atoms with Gasteiger partial charge in [-0.1, -0.05) is 13.8 Å². The van der Waals surface area contributed by atoms with Crippen molar-refractivity contribution in [1.29, 1.82) is 0 Å². The summed E-state index contributed by atoms with van der Waals surface area (Å²) in [4.78, 5) is 13.0. The van der Waals surface area contributed by atoms with Crippen molar-refractivity contribution in [2.45, 2.75) is 20.8 Å². The molecule has 2 heterocycles. The number of ether oxygens (including phenoxy) is 1. The van der Waals surface area contributed by atoms with Gasteiger partial charge in [0.05, 0.1) is 19.5 Å². The fourth-order valence-electron chi connectivity index (χ4n) is 1.81. The van der Waals surface area contributed by atoms with Crippen molar-refractivity contribution < 1.29 is 4.74 Å². The number of nitrogens with zero attached hydrogens (tertiary/aromatic N) is 4. The summed E-state index contributed by atoms with van der Waals surface area (Å²) in [6, 6.07) is 0. The third-order valence-electron chi connectivity index (χ3n) is 2.69. The Balaban J connectivity index is 0.000000771. The highest BCUT2D eigenvalue weighted by Gasteiger charge is 2.20. The zero-order valence-corrected chi connectivity index (χ0v) is 11.7. The first kappa shape index (κ1) is 14.9. The van der Waals surface area contributed by atoms with Crippen LogP contribution in [0, 0.1) is 0 Å². The Kier molecular flexibility index (Phi) is 7.29. The first-order valence-corrected chi connectivity index (χ1v) is 6.71. The second-order valence-corrected chi connectivity index (χ2v) is 3.78. The summed E-state index contributed by atoms with van der Waals surface area (Å²) in [6.45, 7) is 11.6. The van der Waals surface area contributed by atoms with Gasteiger partial charge in [-0.05, 0) is 6.92 Å². The monoisotopic (exact) mass is 252 g/mol. The Bertz CT molecular complexity index is 307. The van der Waals surface area contributed by atoms with E-state index in [9.17, 15) is 0 Å². The summed E-state index contributed by atoms with van der Waals surface area (Å²) in [5.74, 6) is 0.960. The molecule has 1 aromatic rings. The molecule has 0 atom stereocenters. The van der Waals surface area contributed by atoms with Gasteiger partial charge < -0.3 is 9.64 Å². The number of hydrogen-bond acceptors (Lipinski definition) is 5. The second kappa shape index (κ2) is 8.83. The van der Waals surface area contributed by atoms with Crippen LogP contribution in [0.5, 0.6) is 0 Å². The fourth-order valence-corrected chi connectivity index (χ4v) is 1.81. The maximum atomic E-state index is 5.35. The lowest BCUT2D eigenvalue weighted by atomic mass is 10.5. The van der Waals surface area contributed by atoms with Crippen molar-refractivity contribution in [1.82, 2.24) is 14.9 Å². The molecule has 0 spiro atoms. The van der Waals surface area contributed by atoms with Gasteiger partial charge in [-0.3, -0.25) is 9.88 Å². The van der Waals surface area contributed by atoms with E-state index in [-0.39, 0.29) is 0 Å². The Morgan fingerprint density at radius 2 is 2.11 bits per heavy atom. The zero-order chi connectivity index (χ0) is 13.2. The van der Waals surface area contributed by atoms with Crippen LogP contribution in [0.25, 0.3) is 0 Å². The normalized spacial score (nSPS) is 15.4. The van der Waals surface area contributed by atoms with E-state index < -0.39 is 0 Å². The van der Waals surface area contributed by atoms with Gasteiger partial charge >= 0.3 is 0 Å². The SMILES string of the molecule is CC.CCOCCN1CCN(c2cnccn2)C1. The van der Waals surface area contributed by atoms with Crippen LogP contribution in [-0.2, 0) is 4.74 Å². The highest BCUT2D eigenvalue weighted by Crippen LogP contribution is 2.13. The number of rotatable bonds is 5. The third kappa shape index (κ3) is 4.58. The Labute approximate surface area is 110 Å². The Hall–Kier alpha value is -1.20. The minimum absolute atomic E-state index is 0.793. The molecule has 0 N–H and O–H groups in total. The van der Waals surface area contributed by atoms with Crippen molar-refractivity contribution in [3.63, 3.8) is 0 Å². The minimum Gasteiger partial charge on any atom is -0.380 e. The topological polar surface area (TPSA) is 41.5 Å². The molecular weight excluding hydrogens is 228 g/mol. The summed E-state index contributed by atoms with van der Waals surface area (Å²) in [7, 11) is 0. The first-order valence-electron chi connectivity index (χ1n) is 6.71. The van der Waals surface area contributed by atoms with Crippen LogP contribution >= 0.6 is 0 Å². The molecular formula is C13H24N4O. The van der Waals surface area contributed by atoms with Gasteiger partial charge in [-0.2, -0.15) is 0 Å². The molecule has 0 aliphatic carbocycles. The van der Waals surface area contributed by atoms with Crippen molar-refractivity contribution in [3.8, 4) is 0 Å². The van der Waals surface area contributed by atoms with E-state index in [0.29, 0.717) is 0 Å². The molecule has 5 heteroatoms. The molecule has 1 saturated heterocycles. The van der Waals surface area contributed by atoms with E-state index in [1.165, 1.54) is 0 Å². The maximum Gasteiger partial charge on any atom is 0.148 e. The van der Waals surface area contributed by atoms with Gasteiger partial charge in [-0.25, -0.2) is 4.98 Å². The van der Waals surface area contributed by atoms with Gasteiger partial charge in [0.25, 0.3) is 0 Å². The minimum atomic E-state index is 0.793. The molecule has 0 radical (unpaired) electrons. The molecule has 2 rings (SSSR count). The fraction of sp³-hybridized carbons (Fsp3) is 0.692. The van der Waals surface area contributed by atoms with Crippen LogP contribution in [-0.4, -0.2) is 54.4 Å². The molecule has 0 bridgehead atoms. The molecule has 1 aliphatic rings. The molecule has 102 valence electrons. The van der Waals surface area contributed by atoms with Gasteiger partial charge in [0.2, 0.25) is 0 Å². The Morgan fingerprint density at radius 1 is 1.28 bits per heavy atom. The van der Waals surface area contributed by atoms with Crippen LogP contribution in [0.15, 0.2) is 18.6 Å². The number of aromatic nitrogens is 2. The largest absolute Gasteiger partial charge is 0.380 e. The predicted molar refractivity (Wildman–Crippen MR) is 73.7 cm³/mol. The molecule has 1 aliphatic heterocycles. The van der Waals surface area contributed by atoms with Crippen LogP contribution in [0.2, 0.25) is 0 Å². The summed E-state index contributed by atoms with van der Waals surface area (Å²) >= 11 is 0. The lowest BCUT2D eigenvalue weighted by Crippen LogP contribution is -2.28. The molecule has 1 fully saturated rings. The second-order valence-electron chi connectivity index (χ2n) is 3.78. The van der Waals surface area contributed by atoms with Gasteiger partial charge in [0, 0.05) is 38.6 Å². The van der Waals surface area contributed by atoms with E-state index in [4.69, 9.17) is 4.74 Å². The molecule has 1 aromatic heterocycles. The highest BCUT2D eigenvalue weighted by atomic mass is 16.5. The van der Waals surface area contributed by atoms with Crippen LogP contribution in [0.3, 0.4) is 0 Å². The first-order chi connectivity index (χ1) is 8.90. The standard InChI is InChI=1S/C11H18N4O.C2H6/c1-2-16-8-7-14-5-6-15(10-14)11-9-12-3-4-13-11;1-2/h3-4,9H,2,5-8,10H2,1H3;1-2H3. The van der Waals surface area contributed by atoms with Crippen LogP contribution < -0.4 is 4.90 Å². The molecule has 0 unspecified atom stereocenters.